The van der Waals surface area contributed by atoms with Crippen LogP contribution in [0.4, 0.5) is 5.69 Å². The van der Waals surface area contributed by atoms with E-state index in [1.54, 1.807) is 36.5 Å². The van der Waals surface area contributed by atoms with E-state index in [9.17, 15) is 9.59 Å². The lowest BCUT2D eigenvalue weighted by Gasteiger charge is -2.22. The standard InChI is InChI=1S/C22H22Cl2N4O2S/c1-3-10-27(14-20(29)26-19-13-16(23)7-8-18(19)24)21(30)15-5-4-6-17(12-15)28-11-9-25-22(28)31-2/h4-9,11-13H,3,10,14H2,1-2H3,(H,26,29). The van der Waals surface area contributed by atoms with Gasteiger partial charge in [0, 0.05) is 35.2 Å². The third kappa shape index (κ3) is 5.81. The lowest BCUT2D eigenvalue weighted by Crippen LogP contribution is -2.38. The van der Waals surface area contributed by atoms with E-state index in [0.717, 1.165) is 17.3 Å². The van der Waals surface area contributed by atoms with Gasteiger partial charge < -0.3 is 10.2 Å². The molecular weight excluding hydrogens is 455 g/mol. The van der Waals surface area contributed by atoms with Gasteiger partial charge in [-0.05, 0) is 49.1 Å². The highest BCUT2D eigenvalue weighted by molar-refractivity contribution is 7.98. The van der Waals surface area contributed by atoms with Crippen molar-refractivity contribution in [2.24, 2.45) is 0 Å². The van der Waals surface area contributed by atoms with Crippen LogP contribution in [0.3, 0.4) is 0 Å². The molecule has 3 rings (SSSR count). The summed E-state index contributed by atoms with van der Waals surface area (Å²) in [7, 11) is 0. The number of nitrogens with one attached hydrogen (secondary N) is 1. The summed E-state index contributed by atoms with van der Waals surface area (Å²) in [5.74, 6) is -0.566. The van der Waals surface area contributed by atoms with Crippen LogP contribution >= 0.6 is 35.0 Å². The van der Waals surface area contributed by atoms with Gasteiger partial charge in [-0.1, -0.05) is 48.0 Å². The number of benzene rings is 2. The van der Waals surface area contributed by atoms with Crippen LogP contribution in [-0.2, 0) is 4.79 Å². The molecule has 1 heterocycles. The van der Waals surface area contributed by atoms with Crippen LogP contribution in [0, 0.1) is 0 Å². The Balaban J connectivity index is 1.78. The predicted octanol–water partition coefficient (Wildman–Crippen LogP) is 5.39. The number of thioether (sulfide) groups is 1. The largest absolute Gasteiger partial charge is 0.329 e. The Morgan fingerprint density at radius 2 is 2.00 bits per heavy atom. The number of imidazole rings is 1. The maximum absolute atomic E-state index is 13.2. The Bertz CT molecular complexity index is 1090. The second-order valence-electron chi connectivity index (χ2n) is 6.73. The van der Waals surface area contributed by atoms with Crippen LogP contribution in [0.1, 0.15) is 23.7 Å². The van der Waals surface area contributed by atoms with Crippen LogP contribution in [0.25, 0.3) is 5.69 Å². The summed E-state index contributed by atoms with van der Waals surface area (Å²) in [6, 6.07) is 12.1. The van der Waals surface area contributed by atoms with Gasteiger partial charge in [0.2, 0.25) is 5.91 Å². The Morgan fingerprint density at radius 3 is 2.74 bits per heavy atom. The van der Waals surface area contributed by atoms with E-state index in [2.05, 4.69) is 10.3 Å². The van der Waals surface area contributed by atoms with Crippen molar-refractivity contribution in [1.82, 2.24) is 14.5 Å². The molecule has 0 saturated heterocycles. The molecule has 162 valence electrons. The number of carbonyl (C=O) groups excluding carboxylic acids is 2. The first-order chi connectivity index (χ1) is 14.9. The molecule has 3 aromatic rings. The quantitative estimate of drug-likeness (QED) is 0.442. The average Bonchev–Trinajstić information content (AvgIpc) is 3.24. The minimum Gasteiger partial charge on any atom is -0.329 e. The molecule has 0 aliphatic carbocycles. The first-order valence-corrected chi connectivity index (χ1v) is 11.6. The molecule has 1 aromatic heterocycles. The number of nitrogens with zero attached hydrogens (tertiary/aromatic N) is 3. The van der Waals surface area contributed by atoms with Crippen LogP contribution in [0.5, 0.6) is 0 Å². The number of anilines is 1. The van der Waals surface area contributed by atoms with Crippen LogP contribution < -0.4 is 5.32 Å². The zero-order chi connectivity index (χ0) is 22.4. The number of hydrogen-bond acceptors (Lipinski definition) is 4. The van der Waals surface area contributed by atoms with E-state index in [-0.39, 0.29) is 18.4 Å². The van der Waals surface area contributed by atoms with E-state index < -0.39 is 0 Å². The molecule has 6 nitrogen and oxygen atoms in total. The third-order valence-electron chi connectivity index (χ3n) is 4.48. The number of amides is 2. The van der Waals surface area contributed by atoms with Crippen molar-refractivity contribution in [3.63, 3.8) is 0 Å². The molecule has 0 spiro atoms. The molecule has 31 heavy (non-hydrogen) atoms. The summed E-state index contributed by atoms with van der Waals surface area (Å²) >= 11 is 13.6. The molecule has 0 radical (unpaired) electrons. The molecule has 0 atom stereocenters. The fourth-order valence-corrected chi connectivity index (χ4v) is 3.95. The lowest BCUT2D eigenvalue weighted by atomic mass is 10.1. The number of halogens is 2. The Labute approximate surface area is 195 Å². The molecule has 2 aromatic carbocycles. The maximum Gasteiger partial charge on any atom is 0.254 e. The maximum atomic E-state index is 13.2. The Morgan fingerprint density at radius 1 is 1.19 bits per heavy atom. The molecular formula is C22H22Cl2N4O2S. The summed E-state index contributed by atoms with van der Waals surface area (Å²) in [5, 5.41) is 4.40. The van der Waals surface area contributed by atoms with Gasteiger partial charge in [-0.3, -0.25) is 14.2 Å². The van der Waals surface area contributed by atoms with Gasteiger partial charge in [-0.2, -0.15) is 0 Å². The van der Waals surface area contributed by atoms with E-state index in [0.29, 0.717) is 27.8 Å². The Kier molecular flexibility index (Phi) is 8.01. The monoisotopic (exact) mass is 476 g/mol. The van der Waals surface area contributed by atoms with Crippen LogP contribution in [-0.4, -0.2) is 45.6 Å². The minimum absolute atomic E-state index is 0.0963. The third-order valence-corrected chi connectivity index (χ3v) is 5.71. The van der Waals surface area contributed by atoms with Gasteiger partial charge in [0.25, 0.3) is 5.91 Å². The van der Waals surface area contributed by atoms with Crippen molar-refractivity contribution < 1.29 is 9.59 Å². The molecule has 0 saturated carbocycles. The fraction of sp³-hybridized carbons (Fsp3) is 0.227. The first kappa shape index (κ1) is 23.2. The number of rotatable bonds is 8. The SMILES string of the molecule is CCCN(CC(=O)Nc1cc(Cl)ccc1Cl)C(=O)c1cccc(-n2ccnc2SC)c1. The number of hydrogen-bond donors (Lipinski definition) is 1. The first-order valence-electron chi connectivity index (χ1n) is 9.65. The molecule has 0 unspecified atom stereocenters. The summed E-state index contributed by atoms with van der Waals surface area (Å²) in [5.41, 5.74) is 1.74. The normalized spacial score (nSPS) is 10.7. The minimum atomic E-state index is -0.346. The van der Waals surface area contributed by atoms with E-state index in [4.69, 9.17) is 23.2 Å². The van der Waals surface area contributed by atoms with E-state index in [1.165, 1.54) is 16.7 Å². The highest BCUT2D eigenvalue weighted by Crippen LogP contribution is 2.25. The highest BCUT2D eigenvalue weighted by atomic mass is 35.5. The molecule has 1 N–H and O–H groups in total. The topological polar surface area (TPSA) is 67.2 Å². The Hall–Kier alpha value is -2.48. The molecule has 9 heteroatoms. The van der Waals surface area contributed by atoms with E-state index in [1.807, 2.05) is 36.1 Å². The van der Waals surface area contributed by atoms with Gasteiger partial charge in [0.1, 0.15) is 6.54 Å². The van der Waals surface area contributed by atoms with E-state index >= 15 is 0 Å². The highest BCUT2D eigenvalue weighted by Gasteiger charge is 2.19. The number of carbonyl (C=O) groups is 2. The second kappa shape index (κ2) is 10.7. The van der Waals surface area contributed by atoms with Gasteiger partial charge in [0.05, 0.1) is 10.7 Å². The van der Waals surface area contributed by atoms with Gasteiger partial charge in [0.15, 0.2) is 5.16 Å². The van der Waals surface area contributed by atoms with Crippen molar-refractivity contribution in [2.45, 2.75) is 18.5 Å². The number of aromatic nitrogens is 2. The van der Waals surface area contributed by atoms with Crippen molar-refractivity contribution in [3.8, 4) is 5.69 Å². The smallest absolute Gasteiger partial charge is 0.254 e. The molecule has 0 aliphatic rings. The molecule has 0 fully saturated rings. The summed E-state index contributed by atoms with van der Waals surface area (Å²) in [6.07, 6.45) is 6.23. The predicted molar refractivity (Wildman–Crippen MR) is 127 cm³/mol. The zero-order valence-electron chi connectivity index (χ0n) is 17.1. The van der Waals surface area contributed by atoms with Gasteiger partial charge in [-0.25, -0.2) is 4.98 Å². The summed E-state index contributed by atoms with van der Waals surface area (Å²) < 4.78 is 1.92. The van der Waals surface area contributed by atoms with Crippen molar-refractivity contribution in [1.29, 1.82) is 0 Å². The summed E-state index contributed by atoms with van der Waals surface area (Å²) in [6.45, 7) is 2.31. The lowest BCUT2D eigenvalue weighted by molar-refractivity contribution is -0.116. The molecule has 2 amide bonds. The molecule has 0 bridgehead atoms. The van der Waals surface area contributed by atoms with Crippen molar-refractivity contribution in [2.75, 3.05) is 24.7 Å². The van der Waals surface area contributed by atoms with Crippen molar-refractivity contribution >= 4 is 52.5 Å². The van der Waals surface area contributed by atoms with Gasteiger partial charge in [-0.15, -0.1) is 0 Å². The summed E-state index contributed by atoms with van der Waals surface area (Å²) in [4.78, 5) is 31.6. The molecule has 0 aliphatic heterocycles. The average molecular weight is 477 g/mol. The fourth-order valence-electron chi connectivity index (χ4n) is 3.09. The zero-order valence-corrected chi connectivity index (χ0v) is 19.5. The van der Waals surface area contributed by atoms with Crippen LogP contribution in [0.15, 0.2) is 60.0 Å². The van der Waals surface area contributed by atoms with Crippen LogP contribution in [0.2, 0.25) is 10.0 Å². The second-order valence-corrected chi connectivity index (χ2v) is 8.35. The van der Waals surface area contributed by atoms with Gasteiger partial charge >= 0.3 is 0 Å². The van der Waals surface area contributed by atoms with Crippen molar-refractivity contribution in [3.05, 3.63) is 70.5 Å².